The minimum absolute atomic E-state index is 0.213. The number of aromatic nitrogens is 4. The summed E-state index contributed by atoms with van der Waals surface area (Å²) in [4.78, 5) is 30.8. The molecule has 11 heteroatoms. The third-order valence-electron chi connectivity index (χ3n) is 5.97. The summed E-state index contributed by atoms with van der Waals surface area (Å²) in [5, 5.41) is 5.53. The number of nitrogens with zero attached hydrogens (tertiary/aromatic N) is 4. The molecule has 37 heavy (non-hydrogen) atoms. The van der Waals surface area contributed by atoms with E-state index in [0.29, 0.717) is 33.4 Å². The molecule has 0 saturated heterocycles. The Hall–Kier alpha value is -4.57. The lowest BCUT2D eigenvalue weighted by Gasteiger charge is -2.14. The molecule has 2 aromatic carbocycles. The van der Waals surface area contributed by atoms with E-state index in [9.17, 15) is 9.59 Å². The van der Waals surface area contributed by atoms with Crippen molar-refractivity contribution in [3.05, 3.63) is 81.5 Å². The summed E-state index contributed by atoms with van der Waals surface area (Å²) in [6, 6.07) is 12.1. The maximum absolute atomic E-state index is 13.3. The van der Waals surface area contributed by atoms with Crippen LogP contribution in [0.1, 0.15) is 16.1 Å². The van der Waals surface area contributed by atoms with Gasteiger partial charge in [-0.15, -0.1) is 0 Å². The second kappa shape index (κ2) is 9.47. The Bertz CT molecular complexity index is 1700. The number of amides is 1. The van der Waals surface area contributed by atoms with Crippen LogP contribution in [0.15, 0.2) is 59.7 Å². The van der Waals surface area contributed by atoms with E-state index in [1.54, 1.807) is 22.7 Å². The summed E-state index contributed by atoms with van der Waals surface area (Å²) < 4.78 is 18.6. The van der Waals surface area contributed by atoms with Crippen molar-refractivity contribution in [1.29, 1.82) is 0 Å². The molecule has 0 atom stereocenters. The molecule has 0 unspecified atom stereocenters. The highest BCUT2D eigenvalue weighted by Gasteiger charge is 2.19. The number of pyridine rings is 1. The molecule has 10 nitrogen and oxygen atoms in total. The third-order valence-corrected chi connectivity index (χ3v) is 6.22. The Kier molecular flexibility index (Phi) is 6.18. The van der Waals surface area contributed by atoms with Gasteiger partial charge in [-0.2, -0.15) is 5.10 Å². The summed E-state index contributed by atoms with van der Waals surface area (Å²) in [6.07, 6.45) is 2.95. The van der Waals surface area contributed by atoms with Gasteiger partial charge in [0, 0.05) is 28.5 Å². The van der Waals surface area contributed by atoms with E-state index in [0.717, 1.165) is 21.5 Å². The SMILES string of the molecule is COc1cc(C(=O)Nn2ccc3c(cnc4c(-c5ccc(Cl)cc5)c(C)nn43)c2=O)cc(OC)c1OC. The number of methoxy groups -OCH3 is 3. The van der Waals surface area contributed by atoms with Crippen LogP contribution in [0.2, 0.25) is 5.02 Å². The standard InChI is InChI=1S/C26H22ClN5O5/c1-14-22(15-5-7-17(27)8-6-15)24-28-13-18-19(32(24)29-14)9-10-31(26(18)34)30-25(33)16-11-20(35-2)23(37-4)21(12-16)36-3/h5-13H,1-4H3,(H,30,33). The van der Waals surface area contributed by atoms with Gasteiger partial charge in [-0.1, -0.05) is 23.7 Å². The highest BCUT2D eigenvalue weighted by molar-refractivity contribution is 6.30. The minimum atomic E-state index is -0.547. The van der Waals surface area contributed by atoms with Crippen LogP contribution >= 0.6 is 11.6 Å². The van der Waals surface area contributed by atoms with Gasteiger partial charge in [0.2, 0.25) is 5.75 Å². The van der Waals surface area contributed by atoms with E-state index in [1.807, 2.05) is 19.1 Å². The molecule has 3 heterocycles. The van der Waals surface area contributed by atoms with E-state index in [2.05, 4.69) is 15.5 Å². The Morgan fingerprint density at radius 1 is 1.00 bits per heavy atom. The number of benzene rings is 2. The molecule has 0 aliphatic heterocycles. The van der Waals surface area contributed by atoms with Crippen molar-refractivity contribution in [3.63, 3.8) is 0 Å². The third kappa shape index (κ3) is 4.11. The number of carbonyl (C=O) groups is 1. The number of hydrogen-bond acceptors (Lipinski definition) is 7. The molecule has 5 aromatic rings. The predicted octanol–water partition coefficient (Wildman–Crippen LogP) is 4.08. The van der Waals surface area contributed by atoms with Gasteiger partial charge in [0.25, 0.3) is 11.5 Å². The number of hydrogen-bond donors (Lipinski definition) is 1. The van der Waals surface area contributed by atoms with Crippen LogP contribution in [-0.2, 0) is 0 Å². The van der Waals surface area contributed by atoms with Crippen LogP contribution in [0.4, 0.5) is 0 Å². The summed E-state index contributed by atoms with van der Waals surface area (Å²) in [6.45, 7) is 1.88. The molecule has 0 radical (unpaired) electrons. The van der Waals surface area contributed by atoms with E-state index in [4.69, 9.17) is 25.8 Å². The Morgan fingerprint density at radius 3 is 2.30 bits per heavy atom. The first kappa shape index (κ1) is 24.1. The monoisotopic (exact) mass is 519 g/mol. The average Bonchev–Trinajstić information content (AvgIpc) is 3.25. The number of rotatable bonds is 6. The second-order valence-electron chi connectivity index (χ2n) is 8.11. The molecule has 0 bridgehead atoms. The number of nitrogens with one attached hydrogen (secondary N) is 1. The molecule has 0 aliphatic rings. The molecule has 188 valence electrons. The molecule has 1 amide bonds. The number of fused-ring (bicyclic) bond motifs is 3. The Balaban J connectivity index is 1.55. The first-order chi connectivity index (χ1) is 17.9. The minimum Gasteiger partial charge on any atom is -0.493 e. The van der Waals surface area contributed by atoms with Gasteiger partial charge in [-0.3, -0.25) is 15.0 Å². The van der Waals surface area contributed by atoms with Crippen molar-refractivity contribution in [3.8, 4) is 28.4 Å². The van der Waals surface area contributed by atoms with Gasteiger partial charge in [0.1, 0.15) is 0 Å². The molecule has 0 saturated carbocycles. The zero-order valence-corrected chi connectivity index (χ0v) is 21.2. The maximum atomic E-state index is 13.3. The molecular formula is C26H22ClN5O5. The van der Waals surface area contributed by atoms with Crippen LogP contribution in [-0.4, -0.2) is 46.5 Å². The predicted molar refractivity (Wildman–Crippen MR) is 140 cm³/mol. The van der Waals surface area contributed by atoms with Gasteiger partial charge in [-0.25, -0.2) is 14.2 Å². The summed E-state index contributed by atoms with van der Waals surface area (Å²) in [5.74, 6) is 0.437. The number of ether oxygens (including phenoxy) is 3. The van der Waals surface area contributed by atoms with E-state index in [-0.39, 0.29) is 10.9 Å². The summed E-state index contributed by atoms with van der Waals surface area (Å²) >= 11 is 6.04. The molecule has 0 spiro atoms. The molecule has 5 rings (SSSR count). The first-order valence-electron chi connectivity index (χ1n) is 11.1. The fourth-order valence-corrected chi connectivity index (χ4v) is 4.33. The highest BCUT2D eigenvalue weighted by Crippen LogP contribution is 2.38. The van der Waals surface area contributed by atoms with Crippen molar-refractivity contribution >= 4 is 34.1 Å². The smallest absolute Gasteiger partial charge is 0.280 e. The van der Waals surface area contributed by atoms with Crippen molar-refractivity contribution in [2.24, 2.45) is 0 Å². The van der Waals surface area contributed by atoms with Crippen molar-refractivity contribution in [2.45, 2.75) is 6.92 Å². The Morgan fingerprint density at radius 2 is 1.68 bits per heavy atom. The van der Waals surface area contributed by atoms with Gasteiger partial charge < -0.3 is 14.2 Å². The van der Waals surface area contributed by atoms with Crippen molar-refractivity contribution < 1.29 is 19.0 Å². The highest BCUT2D eigenvalue weighted by atomic mass is 35.5. The van der Waals surface area contributed by atoms with Crippen LogP contribution in [0.25, 0.3) is 27.7 Å². The average molecular weight is 520 g/mol. The maximum Gasteiger partial charge on any atom is 0.280 e. The lowest BCUT2D eigenvalue weighted by molar-refractivity contribution is 0.101. The first-order valence-corrected chi connectivity index (χ1v) is 11.5. The van der Waals surface area contributed by atoms with Crippen LogP contribution in [0.3, 0.4) is 0 Å². The molecule has 1 N–H and O–H groups in total. The number of carbonyl (C=O) groups excluding carboxylic acids is 1. The second-order valence-corrected chi connectivity index (χ2v) is 8.54. The van der Waals surface area contributed by atoms with Crippen LogP contribution in [0, 0.1) is 6.92 Å². The Labute approximate surface area is 215 Å². The molecular weight excluding hydrogens is 498 g/mol. The van der Waals surface area contributed by atoms with Crippen molar-refractivity contribution in [2.75, 3.05) is 26.8 Å². The molecule has 0 fully saturated rings. The number of halogens is 1. The summed E-state index contributed by atoms with van der Waals surface area (Å²) in [5.41, 5.74) is 6.01. The normalized spacial score (nSPS) is 11.1. The lowest BCUT2D eigenvalue weighted by atomic mass is 10.1. The van der Waals surface area contributed by atoms with Crippen LogP contribution in [0.5, 0.6) is 17.2 Å². The zero-order valence-electron chi connectivity index (χ0n) is 20.4. The van der Waals surface area contributed by atoms with Crippen molar-refractivity contribution in [1.82, 2.24) is 19.3 Å². The van der Waals surface area contributed by atoms with Gasteiger partial charge in [-0.05, 0) is 42.8 Å². The van der Waals surface area contributed by atoms with Crippen LogP contribution < -0.4 is 25.2 Å². The number of aryl methyl sites for hydroxylation is 1. The largest absolute Gasteiger partial charge is 0.493 e. The fourth-order valence-electron chi connectivity index (χ4n) is 4.20. The van der Waals surface area contributed by atoms with E-state index in [1.165, 1.54) is 45.9 Å². The van der Waals surface area contributed by atoms with E-state index >= 15 is 0 Å². The topological polar surface area (TPSA) is 109 Å². The quantitative estimate of drug-likeness (QED) is 0.360. The molecule has 3 aromatic heterocycles. The summed E-state index contributed by atoms with van der Waals surface area (Å²) in [7, 11) is 4.38. The van der Waals surface area contributed by atoms with Gasteiger partial charge in [0.05, 0.1) is 37.9 Å². The molecule has 0 aliphatic carbocycles. The van der Waals surface area contributed by atoms with Gasteiger partial charge in [0.15, 0.2) is 17.1 Å². The van der Waals surface area contributed by atoms with E-state index < -0.39 is 11.5 Å². The zero-order chi connectivity index (χ0) is 26.3. The lowest BCUT2D eigenvalue weighted by Crippen LogP contribution is -2.33. The van der Waals surface area contributed by atoms with Gasteiger partial charge >= 0.3 is 0 Å². The fraction of sp³-hybridized carbons (Fsp3) is 0.154.